The summed E-state index contributed by atoms with van der Waals surface area (Å²) in [6, 6.07) is 4.65. The smallest absolute Gasteiger partial charge is 0.430 e. The largest absolute Gasteiger partial charge is 0.497 e. The molecule has 0 fully saturated rings. The first kappa shape index (κ1) is 26.5. The highest BCUT2D eigenvalue weighted by molar-refractivity contribution is 6.09. The monoisotopic (exact) mass is 507 g/mol. The number of nitrogens with zero attached hydrogens (tertiary/aromatic N) is 1. The van der Waals surface area contributed by atoms with Crippen molar-refractivity contribution in [3.63, 3.8) is 0 Å². The summed E-state index contributed by atoms with van der Waals surface area (Å²) >= 11 is 0. The van der Waals surface area contributed by atoms with E-state index in [0.717, 1.165) is 14.2 Å². The fourth-order valence-electron chi connectivity index (χ4n) is 4.07. The van der Waals surface area contributed by atoms with Crippen molar-refractivity contribution in [2.45, 2.75) is 44.3 Å². The summed E-state index contributed by atoms with van der Waals surface area (Å²) < 4.78 is 99.4. The lowest BCUT2D eigenvalue weighted by atomic mass is 9.88. The van der Waals surface area contributed by atoms with Gasteiger partial charge >= 0.3 is 12.4 Å². The highest BCUT2D eigenvalue weighted by Gasteiger charge is 2.72. The van der Waals surface area contributed by atoms with Crippen molar-refractivity contribution < 1.29 is 45.7 Å². The number of halogens is 6. The topological polar surface area (TPSA) is 69.9 Å². The second-order valence-electron chi connectivity index (χ2n) is 7.81. The summed E-state index contributed by atoms with van der Waals surface area (Å²) in [5.74, 6) is -1.27. The molecular weight excluding hydrogens is 484 g/mol. The van der Waals surface area contributed by atoms with Gasteiger partial charge in [-0.05, 0) is 36.1 Å². The van der Waals surface area contributed by atoms with E-state index in [0.29, 0.717) is 18.9 Å². The third-order valence-electron chi connectivity index (χ3n) is 5.83. The molecule has 0 amide bonds. The van der Waals surface area contributed by atoms with E-state index in [4.69, 9.17) is 14.2 Å². The number of unbranched alkanes of at least 4 members (excludes halogenated alkanes) is 1. The lowest BCUT2D eigenvalue weighted by molar-refractivity contribution is -0.376. The number of methoxy groups -OCH3 is 3. The Labute approximate surface area is 195 Å². The van der Waals surface area contributed by atoms with Gasteiger partial charge < -0.3 is 23.9 Å². The van der Waals surface area contributed by atoms with Crippen molar-refractivity contribution in [2.75, 3.05) is 21.3 Å². The third kappa shape index (κ3) is 4.03. The Bertz CT molecular complexity index is 1300. The molecule has 0 aliphatic heterocycles. The van der Waals surface area contributed by atoms with Crippen molar-refractivity contribution in [3.05, 3.63) is 40.2 Å². The van der Waals surface area contributed by atoms with Crippen LogP contribution in [-0.2, 0) is 12.1 Å². The summed E-state index contributed by atoms with van der Waals surface area (Å²) in [4.78, 5) is 13.4. The van der Waals surface area contributed by atoms with Gasteiger partial charge in [0.1, 0.15) is 5.75 Å². The van der Waals surface area contributed by atoms with Crippen LogP contribution in [0.1, 0.15) is 25.3 Å². The van der Waals surface area contributed by atoms with Crippen LogP contribution in [-0.4, -0.2) is 43.4 Å². The molecule has 35 heavy (non-hydrogen) atoms. The Hall–Kier alpha value is -3.15. The van der Waals surface area contributed by atoms with Crippen molar-refractivity contribution in [3.8, 4) is 17.2 Å². The Balaban J connectivity index is 2.68. The van der Waals surface area contributed by atoms with Crippen molar-refractivity contribution in [1.82, 2.24) is 4.57 Å². The van der Waals surface area contributed by atoms with Gasteiger partial charge in [0.25, 0.3) is 11.2 Å². The van der Waals surface area contributed by atoms with Crippen LogP contribution in [0.25, 0.3) is 21.7 Å². The van der Waals surface area contributed by atoms with Gasteiger partial charge in [-0.1, -0.05) is 13.3 Å². The van der Waals surface area contributed by atoms with Crippen LogP contribution in [0.3, 0.4) is 0 Å². The van der Waals surface area contributed by atoms with Crippen LogP contribution < -0.4 is 19.8 Å². The van der Waals surface area contributed by atoms with Crippen LogP contribution in [0.15, 0.2) is 29.1 Å². The van der Waals surface area contributed by atoms with E-state index >= 15 is 0 Å². The zero-order chi connectivity index (χ0) is 26.3. The molecule has 0 spiro atoms. The fraction of sp³-hybridized carbons (Fsp3) is 0.435. The Morgan fingerprint density at radius 2 is 1.46 bits per heavy atom. The molecule has 12 heteroatoms. The number of rotatable bonds is 7. The number of hydrogen-bond acceptors (Lipinski definition) is 5. The molecule has 0 saturated heterocycles. The van der Waals surface area contributed by atoms with Crippen molar-refractivity contribution in [1.29, 1.82) is 0 Å². The first-order chi connectivity index (χ1) is 16.3. The van der Waals surface area contributed by atoms with Crippen molar-refractivity contribution >= 4 is 21.7 Å². The van der Waals surface area contributed by atoms with Crippen LogP contribution in [0.4, 0.5) is 26.3 Å². The maximum atomic E-state index is 13.8. The van der Waals surface area contributed by atoms with Gasteiger partial charge in [0.2, 0.25) is 0 Å². The summed E-state index contributed by atoms with van der Waals surface area (Å²) in [5.41, 5.74) is -7.50. The molecule has 1 aromatic heterocycles. The van der Waals surface area contributed by atoms with Crippen LogP contribution in [0.2, 0.25) is 0 Å². The number of benzene rings is 2. The van der Waals surface area contributed by atoms with Gasteiger partial charge in [0.05, 0.1) is 32.2 Å². The van der Waals surface area contributed by atoms with E-state index in [1.807, 2.05) is 6.92 Å². The highest BCUT2D eigenvalue weighted by atomic mass is 19.4. The molecular formula is C23H23F6NO5. The second kappa shape index (κ2) is 9.14. The Kier molecular flexibility index (Phi) is 6.91. The Morgan fingerprint density at radius 1 is 0.857 bits per heavy atom. The second-order valence-corrected chi connectivity index (χ2v) is 7.81. The number of pyridine rings is 1. The van der Waals surface area contributed by atoms with E-state index in [9.17, 15) is 36.2 Å². The number of aliphatic hydroxyl groups is 1. The summed E-state index contributed by atoms with van der Waals surface area (Å²) in [6.07, 6.45) is -11.2. The van der Waals surface area contributed by atoms with E-state index in [1.54, 1.807) is 0 Å². The molecule has 192 valence electrons. The van der Waals surface area contributed by atoms with Crippen molar-refractivity contribution in [2.24, 2.45) is 0 Å². The number of alkyl halides is 6. The standard InChI is InChI=1S/C23H23F6NO5/c1-5-6-9-30-17-14(13-8-7-12(33-2)10-15(13)20(30)31)11-16(18(34-3)19(17)35-4)21(32,22(24,25)26)23(27,28)29/h7-8,10-11,32H,5-6,9H2,1-4H3. The first-order valence-electron chi connectivity index (χ1n) is 10.4. The minimum atomic E-state index is -6.16. The third-order valence-corrected chi connectivity index (χ3v) is 5.83. The van der Waals surface area contributed by atoms with Gasteiger partial charge in [-0.15, -0.1) is 0 Å². The zero-order valence-electron chi connectivity index (χ0n) is 19.2. The minimum Gasteiger partial charge on any atom is -0.497 e. The minimum absolute atomic E-state index is 0.00804. The molecule has 0 atom stereocenters. The van der Waals surface area contributed by atoms with E-state index in [1.165, 1.54) is 29.9 Å². The Morgan fingerprint density at radius 3 is 1.94 bits per heavy atom. The zero-order valence-corrected chi connectivity index (χ0v) is 19.2. The molecule has 3 rings (SSSR count). The molecule has 0 saturated carbocycles. The highest BCUT2D eigenvalue weighted by Crippen LogP contribution is 2.55. The van der Waals surface area contributed by atoms with E-state index in [-0.39, 0.29) is 34.0 Å². The predicted molar refractivity (Wildman–Crippen MR) is 116 cm³/mol. The molecule has 0 aliphatic carbocycles. The van der Waals surface area contributed by atoms with Crippen LogP contribution in [0.5, 0.6) is 17.2 Å². The molecule has 0 aliphatic rings. The molecule has 0 unspecified atom stereocenters. The number of aromatic nitrogens is 1. The van der Waals surface area contributed by atoms with Gasteiger partial charge in [-0.3, -0.25) is 4.79 Å². The maximum absolute atomic E-state index is 13.8. The quantitative estimate of drug-likeness (QED) is 0.348. The molecule has 1 heterocycles. The predicted octanol–water partition coefficient (Wildman–Crippen LogP) is 5.29. The molecule has 2 aromatic carbocycles. The lowest BCUT2D eigenvalue weighted by Gasteiger charge is -2.34. The normalized spacial score (nSPS) is 12.9. The summed E-state index contributed by atoms with van der Waals surface area (Å²) in [5, 5.41) is 10.1. The number of hydrogen-bond donors (Lipinski definition) is 1. The lowest BCUT2D eigenvalue weighted by Crippen LogP contribution is -2.54. The maximum Gasteiger partial charge on any atom is 0.430 e. The summed E-state index contributed by atoms with van der Waals surface area (Å²) in [6.45, 7) is 1.95. The molecule has 0 radical (unpaired) electrons. The molecule has 3 aromatic rings. The number of aryl methyl sites for hydroxylation is 1. The van der Waals surface area contributed by atoms with Crippen LogP contribution >= 0.6 is 0 Å². The van der Waals surface area contributed by atoms with Gasteiger partial charge in [0.15, 0.2) is 11.5 Å². The number of fused-ring (bicyclic) bond motifs is 3. The van der Waals surface area contributed by atoms with Gasteiger partial charge in [-0.25, -0.2) is 0 Å². The van der Waals surface area contributed by atoms with E-state index in [2.05, 4.69) is 0 Å². The summed E-state index contributed by atoms with van der Waals surface area (Å²) in [7, 11) is 3.21. The number of ether oxygens (including phenoxy) is 3. The van der Waals surface area contributed by atoms with Gasteiger partial charge in [-0.2, -0.15) is 26.3 Å². The molecule has 6 nitrogen and oxygen atoms in total. The first-order valence-corrected chi connectivity index (χ1v) is 10.4. The molecule has 0 bridgehead atoms. The van der Waals surface area contributed by atoms with E-state index < -0.39 is 40.6 Å². The average molecular weight is 507 g/mol. The molecule has 1 N–H and O–H groups in total. The SMILES string of the molecule is CCCCn1c(=O)c2cc(OC)ccc2c2cc(C(O)(C(F)(F)F)C(F)(F)F)c(OC)c(OC)c21. The average Bonchev–Trinajstić information content (AvgIpc) is 2.80. The van der Waals surface area contributed by atoms with Crippen LogP contribution in [0, 0.1) is 0 Å². The fourth-order valence-corrected chi connectivity index (χ4v) is 4.07. The van der Waals surface area contributed by atoms with Gasteiger partial charge in [0, 0.05) is 17.5 Å².